The van der Waals surface area contributed by atoms with Gasteiger partial charge in [0.15, 0.2) is 0 Å². The van der Waals surface area contributed by atoms with Crippen molar-refractivity contribution in [2.75, 3.05) is 18.5 Å². The van der Waals surface area contributed by atoms with Gasteiger partial charge in [0.05, 0.1) is 25.0 Å². The average molecular weight is 295 g/mol. The van der Waals surface area contributed by atoms with Crippen LogP contribution in [0, 0.1) is 12.7 Å². The summed E-state index contributed by atoms with van der Waals surface area (Å²) in [5, 5.41) is 14.7. The Bertz CT molecular complexity index is 531. The molecule has 108 valence electrons. The topological polar surface area (TPSA) is 41.5 Å². The molecule has 2 N–H and O–H groups in total. The van der Waals surface area contributed by atoms with E-state index in [1.165, 1.54) is 6.07 Å². The average Bonchev–Trinajstić information content (AvgIpc) is 2.93. The lowest BCUT2D eigenvalue weighted by Crippen LogP contribution is -2.25. The van der Waals surface area contributed by atoms with Gasteiger partial charge in [-0.3, -0.25) is 0 Å². The molecule has 0 bridgehead atoms. The first-order valence-electron chi connectivity index (χ1n) is 6.43. The Labute approximate surface area is 122 Å². The molecule has 20 heavy (non-hydrogen) atoms. The van der Waals surface area contributed by atoms with Gasteiger partial charge in [0.1, 0.15) is 5.82 Å². The van der Waals surface area contributed by atoms with E-state index in [9.17, 15) is 9.50 Å². The van der Waals surface area contributed by atoms with Gasteiger partial charge in [-0.2, -0.15) is 0 Å². The summed E-state index contributed by atoms with van der Waals surface area (Å²) < 4.78 is 18.9. The van der Waals surface area contributed by atoms with E-state index < -0.39 is 6.10 Å². The first-order chi connectivity index (χ1) is 9.65. The number of halogens is 1. The van der Waals surface area contributed by atoms with Gasteiger partial charge in [-0.1, -0.05) is 12.1 Å². The van der Waals surface area contributed by atoms with Crippen molar-refractivity contribution in [3.8, 4) is 0 Å². The molecule has 1 aromatic carbocycles. The summed E-state index contributed by atoms with van der Waals surface area (Å²) in [5.41, 5.74) is 1.37. The van der Waals surface area contributed by atoms with Gasteiger partial charge in [-0.15, -0.1) is 11.3 Å². The Balaban J connectivity index is 1.71. The molecule has 2 rings (SSSR count). The minimum absolute atomic E-state index is 0.221. The number of nitrogens with one attached hydrogen (secondary N) is 1. The third-order valence-electron chi connectivity index (χ3n) is 2.78. The highest BCUT2D eigenvalue weighted by Crippen LogP contribution is 2.15. The Hall–Kier alpha value is -1.43. The normalized spacial score (nSPS) is 12.3. The number of thiophene rings is 1. The second-order valence-corrected chi connectivity index (χ2v) is 5.64. The zero-order valence-electron chi connectivity index (χ0n) is 11.3. The molecule has 2 aromatic rings. The van der Waals surface area contributed by atoms with Crippen molar-refractivity contribution in [1.29, 1.82) is 0 Å². The lowest BCUT2D eigenvalue weighted by atomic mass is 10.2. The van der Waals surface area contributed by atoms with Gasteiger partial charge in [-0.25, -0.2) is 4.39 Å². The van der Waals surface area contributed by atoms with Crippen LogP contribution in [-0.2, 0) is 11.3 Å². The number of hydrogen-bond donors (Lipinski definition) is 2. The first kappa shape index (κ1) is 15.0. The molecule has 1 atom stereocenters. The van der Waals surface area contributed by atoms with Gasteiger partial charge in [0.2, 0.25) is 0 Å². The molecule has 0 fully saturated rings. The predicted molar refractivity (Wildman–Crippen MR) is 79.6 cm³/mol. The summed E-state index contributed by atoms with van der Waals surface area (Å²) in [6.45, 7) is 2.86. The van der Waals surface area contributed by atoms with E-state index in [-0.39, 0.29) is 19.0 Å². The van der Waals surface area contributed by atoms with E-state index in [1.807, 2.05) is 24.4 Å². The van der Waals surface area contributed by atoms with E-state index in [1.54, 1.807) is 23.5 Å². The van der Waals surface area contributed by atoms with Crippen LogP contribution in [0.1, 0.15) is 10.4 Å². The molecule has 1 aromatic heterocycles. The number of rotatable bonds is 7. The summed E-state index contributed by atoms with van der Waals surface area (Å²) in [6, 6.07) is 8.78. The molecule has 0 aliphatic rings. The fraction of sp³-hybridized carbons (Fsp3) is 0.333. The number of aliphatic hydroxyl groups excluding tert-OH is 1. The molecule has 5 heteroatoms. The summed E-state index contributed by atoms with van der Waals surface area (Å²) in [5.74, 6) is -0.317. The molecule has 0 saturated carbocycles. The highest BCUT2D eigenvalue weighted by molar-refractivity contribution is 7.09. The number of hydrogen-bond acceptors (Lipinski definition) is 4. The van der Waals surface area contributed by atoms with Crippen LogP contribution in [-0.4, -0.2) is 24.4 Å². The van der Waals surface area contributed by atoms with E-state index >= 15 is 0 Å². The highest BCUT2D eigenvalue weighted by Gasteiger charge is 2.07. The molecule has 3 nitrogen and oxygen atoms in total. The Morgan fingerprint density at radius 1 is 1.40 bits per heavy atom. The number of ether oxygens (including phenoxy) is 1. The van der Waals surface area contributed by atoms with Crippen molar-refractivity contribution < 1.29 is 14.2 Å². The lowest BCUT2D eigenvalue weighted by Gasteiger charge is -2.14. The molecule has 0 amide bonds. The monoisotopic (exact) mass is 295 g/mol. The number of aryl methyl sites for hydroxylation is 1. The van der Waals surface area contributed by atoms with Crippen molar-refractivity contribution in [2.24, 2.45) is 0 Å². The van der Waals surface area contributed by atoms with Gasteiger partial charge < -0.3 is 15.2 Å². The van der Waals surface area contributed by atoms with Gasteiger partial charge in [-0.05, 0) is 36.1 Å². The second kappa shape index (κ2) is 7.38. The van der Waals surface area contributed by atoms with Crippen LogP contribution in [0.15, 0.2) is 35.7 Å². The van der Waals surface area contributed by atoms with Crippen molar-refractivity contribution in [3.63, 3.8) is 0 Å². The summed E-state index contributed by atoms with van der Waals surface area (Å²) >= 11 is 1.62. The molecule has 0 radical (unpaired) electrons. The van der Waals surface area contributed by atoms with Crippen molar-refractivity contribution >= 4 is 17.0 Å². The maximum atomic E-state index is 13.5. The first-order valence-corrected chi connectivity index (χ1v) is 7.31. The third kappa shape index (κ3) is 4.59. The van der Waals surface area contributed by atoms with Crippen LogP contribution in [0.2, 0.25) is 0 Å². The second-order valence-electron chi connectivity index (χ2n) is 4.61. The number of aliphatic hydroxyl groups is 1. The van der Waals surface area contributed by atoms with Crippen LogP contribution in [0.3, 0.4) is 0 Å². The highest BCUT2D eigenvalue weighted by atomic mass is 32.1. The largest absolute Gasteiger partial charge is 0.389 e. The minimum Gasteiger partial charge on any atom is -0.389 e. The molecule has 1 unspecified atom stereocenters. The standard InChI is InChI=1S/C15H18FNO2S/c1-11-4-5-14(16)15(7-11)17-8-12(18)9-19-10-13-3-2-6-20-13/h2-7,12,17-18H,8-10H2,1H3. The van der Waals surface area contributed by atoms with E-state index in [0.29, 0.717) is 12.3 Å². The van der Waals surface area contributed by atoms with E-state index in [2.05, 4.69) is 5.32 Å². The van der Waals surface area contributed by atoms with Crippen LogP contribution < -0.4 is 5.32 Å². The zero-order chi connectivity index (χ0) is 14.4. The van der Waals surface area contributed by atoms with Crippen LogP contribution >= 0.6 is 11.3 Å². The molecule has 0 aliphatic heterocycles. The van der Waals surface area contributed by atoms with Gasteiger partial charge >= 0.3 is 0 Å². The third-order valence-corrected chi connectivity index (χ3v) is 3.63. The van der Waals surface area contributed by atoms with Gasteiger partial charge in [0, 0.05) is 11.4 Å². The minimum atomic E-state index is -0.671. The molecule has 0 spiro atoms. The Morgan fingerprint density at radius 3 is 3.00 bits per heavy atom. The fourth-order valence-electron chi connectivity index (χ4n) is 1.75. The SMILES string of the molecule is Cc1ccc(F)c(NCC(O)COCc2cccs2)c1. The van der Waals surface area contributed by atoms with E-state index in [4.69, 9.17) is 4.74 Å². The van der Waals surface area contributed by atoms with Crippen LogP contribution in [0.5, 0.6) is 0 Å². The zero-order valence-corrected chi connectivity index (χ0v) is 12.1. The van der Waals surface area contributed by atoms with Crippen LogP contribution in [0.25, 0.3) is 0 Å². The molecular weight excluding hydrogens is 277 g/mol. The predicted octanol–water partition coefficient (Wildman–Crippen LogP) is 3.19. The molecule has 1 heterocycles. The molecule has 0 aliphatic carbocycles. The molecule has 0 saturated heterocycles. The maximum Gasteiger partial charge on any atom is 0.146 e. The van der Waals surface area contributed by atoms with Crippen molar-refractivity contribution in [3.05, 3.63) is 52.0 Å². The summed E-state index contributed by atoms with van der Waals surface area (Å²) in [4.78, 5) is 1.12. The Morgan fingerprint density at radius 2 is 2.25 bits per heavy atom. The molecular formula is C15H18FNO2S. The van der Waals surface area contributed by atoms with E-state index in [0.717, 1.165) is 10.4 Å². The van der Waals surface area contributed by atoms with Crippen molar-refractivity contribution in [2.45, 2.75) is 19.6 Å². The quantitative estimate of drug-likeness (QED) is 0.824. The van der Waals surface area contributed by atoms with Crippen molar-refractivity contribution in [1.82, 2.24) is 0 Å². The lowest BCUT2D eigenvalue weighted by molar-refractivity contribution is 0.0358. The summed E-state index contributed by atoms with van der Waals surface area (Å²) in [6.07, 6.45) is -0.671. The fourth-order valence-corrected chi connectivity index (χ4v) is 2.39. The van der Waals surface area contributed by atoms with Crippen LogP contribution in [0.4, 0.5) is 10.1 Å². The maximum absolute atomic E-state index is 13.5. The van der Waals surface area contributed by atoms with Gasteiger partial charge in [0.25, 0.3) is 0 Å². The summed E-state index contributed by atoms with van der Waals surface area (Å²) in [7, 11) is 0. The number of benzene rings is 1. The number of anilines is 1. The Kier molecular flexibility index (Phi) is 5.52. The smallest absolute Gasteiger partial charge is 0.146 e.